The van der Waals surface area contributed by atoms with Gasteiger partial charge in [-0.3, -0.25) is 0 Å². The van der Waals surface area contributed by atoms with Gasteiger partial charge in [-0.25, -0.2) is 0 Å². The molecule has 10 aromatic rings. The maximum Gasteiger partial charge on any atom is 0.0727 e. The molecule has 0 aliphatic rings. The summed E-state index contributed by atoms with van der Waals surface area (Å²) in [6.07, 6.45) is 0. The molecule has 0 unspecified atom stereocenters. The first-order chi connectivity index (χ1) is 26.3. The van der Waals surface area contributed by atoms with Gasteiger partial charge >= 0.3 is 0 Å². The number of hydrogen-bond acceptors (Lipinski definition) is 2. The number of benzene rings is 8. The van der Waals surface area contributed by atoms with Crippen LogP contribution in [0, 0.1) is 0 Å². The smallest absolute Gasteiger partial charge is 0.0727 e. The fourth-order valence-electron chi connectivity index (χ4n) is 7.75. The minimum atomic E-state index is 1.11. The lowest BCUT2D eigenvalue weighted by molar-refractivity contribution is 1.19. The summed E-state index contributed by atoms with van der Waals surface area (Å²) in [4.78, 5) is 2.38. The van der Waals surface area contributed by atoms with Crippen molar-refractivity contribution in [3.63, 3.8) is 0 Å². The SMILES string of the molecule is c1ccc(-c2ccc(N(c3ccc(-c4cccc5c4sc4c6ccccc6n(-c6ccccc6)c54)cc3)c3ccccc3-c3ccccc3)cc2)cc1. The molecule has 2 aromatic heterocycles. The van der Waals surface area contributed by atoms with Gasteiger partial charge in [-0.15, -0.1) is 11.3 Å². The molecule has 0 aliphatic carbocycles. The van der Waals surface area contributed by atoms with Gasteiger partial charge < -0.3 is 9.47 Å². The number of anilines is 3. The monoisotopic (exact) mass is 694 g/mol. The first-order valence-electron chi connectivity index (χ1n) is 18.0. The third-order valence-electron chi connectivity index (χ3n) is 10.2. The zero-order chi connectivity index (χ0) is 35.1. The van der Waals surface area contributed by atoms with Crippen LogP contribution in [0.1, 0.15) is 0 Å². The Morgan fingerprint density at radius 1 is 0.358 bits per heavy atom. The summed E-state index contributed by atoms with van der Waals surface area (Å²) >= 11 is 1.90. The van der Waals surface area contributed by atoms with Gasteiger partial charge in [-0.05, 0) is 76.3 Å². The van der Waals surface area contributed by atoms with E-state index in [0.29, 0.717) is 0 Å². The van der Waals surface area contributed by atoms with Crippen LogP contribution in [0.5, 0.6) is 0 Å². The molecule has 250 valence electrons. The second kappa shape index (κ2) is 13.1. The molecule has 8 aromatic carbocycles. The minimum Gasteiger partial charge on any atom is -0.310 e. The van der Waals surface area contributed by atoms with Crippen molar-refractivity contribution in [2.24, 2.45) is 0 Å². The van der Waals surface area contributed by atoms with Gasteiger partial charge in [0, 0.05) is 38.1 Å². The first kappa shape index (κ1) is 31.1. The highest BCUT2D eigenvalue weighted by molar-refractivity contribution is 7.27. The van der Waals surface area contributed by atoms with Gasteiger partial charge in [-0.2, -0.15) is 0 Å². The molecule has 0 fully saturated rings. The number of para-hydroxylation sites is 3. The molecular weight excluding hydrogens is 661 g/mol. The van der Waals surface area contributed by atoms with Crippen LogP contribution in [0.4, 0.5) is 17.1 Å². The molecule has 2 heterocycles. The Morgan fingerprint density at radius 2 is 0.868 bits per heavy atom. The lowest BCUT2D eigenvalue weighted by Gasteiger charge is -2.28. The average Bonchev–Trinajstić information content (AvgIpc) is 3.78. The van der Waals surface area contributed by atoms with E-state index in [1.165, 1.54) is 70.3 Å². The summed E-state index contributed by atoms with van der Waals surface area (Å²) < 4.78 is 5.07. The Bertz CT molecular complexity index is 2850. The van der Waals surface area contributed by atoms with Gasteiger partial charge in [0.25, 0.3) is 0 Å². The quantitative estimate of drug-likeness (QED) is 0.161. The van der Waals surface area contributed by atoms with Gasteiger partial charge in [0.1, 0.15) is 0 Å². The lowest BCUT2D eigenvalue weighted by atomic mass is 10.00. The van der Waals surface area contributed by atoms with Crippen LogP contribution < -0.4 is 4.90 Å². The molecule has 3 heteroatoms. The summed E-state index contributed by atoms with van der Waals surface area (Å²) in [5.41, 5.74) is 14.3. The first-order valence-corrected chi connectivity index (χ1v) is 18.8. The number of hydrogen-bond donors (Lipinski definition) is 0. The van der Waals surface area contributed by atoms with E-state index in [0.717, 1.165) is 17.1 Å². The van der Waals surface area contributed by atoms with Crippen molar-refractivity contribution in [3.8, 4) is 39.1 Å². The molecule has 0 radical (unpaired) electrons. The summed E-state index contributed by atoms with van der Waals surface area (Å²) in [6.45, 7) is 0. The summed E-state index contributed by atoms with van der Waals surface area (Å²) in [7, 11) is 0. The number of thiophene rings is 1. The van der Waals surface area contributed by atoms with E-state index in [-0.39, 0.29) is 0 Å². The predicted molar refractivity (Wildman–Crippen MR) is 227 cm³/mol. The number of aromatic nitrogens is 1. The Hall–Kier alpha value is -6.68. The average molecular weight is 695 g/mol. The highest BCUT2D eigenvalue weighted by atomic mass is 32.1. The highest BCUT2D eigenvalue weighted by Gasteiger charge is 2.21. The normalized spacial score (nSPS) is 11.4. The summed E-state index contributed by atoms with van der Waals surface area (Å²) in [5, 5.41) is 2.57. The minimum absolute atomic E-state index is 1.11. The molecular formula is C50H34N2S. The molecule has 2 nitrogen and oxygen atoms in total. The molecule has 0 amide bonds. The second-order valence-corrected chi connectivity index (χ2v) is 14.3. The molecule has 10 rings (SSSR count). The number of rotatable bonds is 7. The van der Waals surface area contributed by atoms with Crippen LogP contribution in [0.15, 0.2) is 206 Å². The second-order valence-electron chi connectivity index (χ2n) is 13.3. The van der Waals surface area contributed by atoms with E-state index in [9.17, 15) is 0 Å². The van der Waals surface area contributed by atoms with E-state index < -0.39 is 0 Å². The summed E-state index contributed by atoms with van der Waals surface area (Å²) in [6, 6.07) is 74.3. The van der Waals surface area contributed by atoms with Crippen LogP contribution in [-0.4, -0.2) is 4.57 Å². The zero-order valence-electron chi connectivity index (χ0n) is 28.9. The largest absolute Gasteiger partial charge is 0.310 e. The molecule has 0 saturated carbocycles. The fraction of sp³-hybridized carbons (Fsp3) is 0. The molecule has 0 saturated heterocycles. The zero-order valence-corrected chi connectivity index (χ0v) is 29.7. The number of fused-ring (bicyclic) bond motifs is 5. The third-order valence-corrected chi connectivity index (χ3v) is 11.5. The molecule has 0 spiro atoms. The molecule has 0 N–H and O–H groups in total. The predicted octanol–water partition coefficient (Wildman–Crippen LogP) is 14.5. The molecule has 0 atom stereocenters. The van der Waals surface area contributed by atoms with Gasteiger partial charge in [-0.1, -0.05) is 158 Å². The van der Waals surface area contributed by atoms with Crippen molar-refractivity contribution < 1.29 is 0 Å². The number of nitrogens with zero attached hydrogens (tertiary/aromatic N) is 2. The van der Waals surface area contributed by atoms with Gasteiger partial charge in [0.15, 0.2) is 0 Å². The Balaban J connectivity index is 1.11. The van der Waals surface area contributed by atoms with Crippen molar-refractivity contribution in [1.82, 2.24) is 4.57 Å². The summed E-state index contributed by atoms with van der Waals surface area (Å²) in [5.74, 6) is 0. The van der Waals surface area contributed by atoms with Crippen LogP contribution in [0.25, 0.3) is 70.3 Å². The topological polar surface area (TPSA) is 8.17 Å². The maximum atomic E-state index is 2.43. The third kappa shape index (κ3) is 5.42. The van der Waals surface area contributed by atoms with E-state index in [2.05, 4.69) is 216 Å². The molecule has 0 aliphatic heterocycles. The van der Waals surface area contributed by atoms with E-state index in [1.807, 2.05) is 11.3 Å². The Labute approximate surface area is 313 Å². The van der Waals surface area contributed by atoms with Crippen LogP contribution in [0.2, 0.25) is 0 Å². The molecule has 0 bridgehead atoms. The Kier molecular flexibility index (Phi) is 7.71. The van der Waals surface area contributed by atoms with Crippen molar-refractivity contribution in [3.05, 3.63) is 206 Å². The van der Waals surface area contributed by atoms with Crippen molar-refractivity contribution in [2.75, 3.05) is 4.90 Å². The Morgan fingerprint density at radius 3 is 1.58 bits per heavy atom. The van der Waals surface area contributed by atoms with Gasteiger partial charge in [0.2, 0.25) is 0 Å². The van der Waals surface area contributed by atoms with Crippen LogP contribution >= 0.6 is 11.3 Å². The van der Waals surface area contributed by atoms with E-state index >= 15 is 0 Å². The van der Waals surface area contributed by atoms with E-state index in [1.54, 1.807) is 0 Å². The van der Waals surface area contributed by atoms with Crippen LogP contribution in [0.3, 0.4) is 0 Å². The van der Waals surface area contributed by atoms with Gasteiger partial charge in [0.05, 0.1) is 21.4 Å². The van der Waals surface area contributed by atoms with Crippen molar-refractivity contribution in [1.29, 1.82) is 0 Å². The standard InChI is InChI=1S/C50H34N2S/c1-4-15-35(16-5-1)36-27-31-40(32-28-36)51(46-25-12-10-21-42(46)37-17-6-2-7-18-37)41-33-29-38(30-34-41)43-23-14-24-45-48-50(53-49(43)45)44-22-11-13-26-47(44)52(48)39-19-8-3-9-20-39/h1-34H. The molecule has 53 heavy (non-hydrogen) atoms. The van der Waals surface area contributed by atoms with Crippen LogP contribution in [-0.2, 0) is 0 Å². The van der Waals surface area contributed by atoms with Crippen molar-refractivity contribution in [2.45, 2.75) is 0 Å². The van der Waals surface area contributed by atoms with Crippen molar-refractivity contribution >= 4 is 59.6 Å². The lowest BCUT2D eigenvalue weighted by Crippen LogP contribution is -2.11. The van der Waals surface area contributed by atoms with E-state index in [4.69, 9.17) is 0 Å². The highest BCUT2D eigenvalue weighted by Crippen LogP contribution is 2.46. The fourth-order valence-corrected chi connectivity index (χ4v) is 9.10. The maximum absolute atomic E-state index is 2.43.